The molecule has 136 valence electrons. The molecule has 0 aliphatic carbocycles. The van der Waals surface area contributed by atoms with Crippen molar-refractivity contribution in [3.8, 4) is 17.4 Å². The zero-order chi connectivity index (χ0) is 18.8. The summed E-state index contributed by atoms with van der Waals surface area (Å²) in [6.45, 7) is 2.39. The lowest BCUT2D eigenvalue weighted by Gasteiger charge is -2.01. The van der Waals surface area contributed by atoms with Crippen LogP contribution in [0.5, 0.6) is 5.75 Å². The second-order valence-corrected chi connectivity index (χ2v) is 5.59. The van der Waals surface area contributed by atoms with Crippen molar-refractivity contribution in [2.45, 2.75) is 6.92 Å². The Balaban J connectivity index is 1.57. The number of anilines is 1. The molecule has 2 aromatic heterocycles. The van der Waals surface area contributed by atoms with Crippen LogP contribution in [0.1, 0.15) is 17.3 Å². The first-order valence-electron chi connectivity index (χ1n) is 8.20. The van der Waals surface area contributed by atoms with E-state index in [1.165, 1.54) is 24.3 Å². The number of fused-ring (bicyclic) bond motifs is 1. The summed E-state index contributed by atoms with van der Waals surface area (Å²) < 4.78 is 29.7. The molecule has 0 bridgehead atoms. The van der Waals surface area contributed by atoms with Gasteiger partial charge in [0, 0.05) is 10.9 Å². The average molecular weight is 367 g/mol. The molecule has 0 saturated heterocycles. The van der Waals surface area contributed by atoms with E-state index in [2.05, 4.69) is 15.5 Å². The maximum Gasteiger partial charge on any atom is 0.322 e. The lowest BCUT2D eigenvalue weighted by atomic mass is 10.2. The van der Waals surface area contributed by atoms with Crippen LogP contribution in [0, 0.1) is 5.82 Å². The molecule has 0 saturated carbocycles. The number of amides is 1. The Bertz CT molecular complexity index is 1100. The van der Waals surface area contributed by atoms with Crippen molar-refractivity contribution in [3.63, 3.8) is 0 Å². The highest BCUT2D eigenvalue weighted by Crippen LogP contribution is 2.33. The van der Waals surface area contributed by atoms with Crippen LogP contribution in [-0.4, -0.2) is 22.7 Å². The zero-order valence-corrected chi connectivity index (χ0v) is 14.2. The molecule has 2 aromatic carbocycles. The minimum Gasteiger partial charge on any atom is -0.490 e. The summed E-state index contributed by atoms with van der Waals surface area (Å²) in [7, 11) is 0. The van der Waals surface area contributed by atoms with E-state index in [0.29, 0.717) is 23.7 Å². The van der Waals surface area contributed by atoms with Crippen LogP contribution in [0.15, 0.2) is 57.4 Å². The number of hydrogen-bond acceptors (Lipinski definition) is 6. The van der Waals surface area contributed by atoms with Crippen molar-refractivity contribution in [2.75, 3.05) is 11.9 Å². The second-order valence-electron chi connectivity index (χ2n) is 5.59. The molecule has 4 rings (SSSR count). The number of ether oxygens (including phenoxy) is 1. The zero-order valence-electron chi connectivity index (χ0n) is 14.2. The Morgan fingerprint density at radius 2 is 1.96 bits per heavy atom. The van der Waals surface area contributed by atoms with Crippen LogP contribution >= 0.6 is 0 Å². The fourth-order valence-corrected chi connectivity index (χ4v) is 2.55. The van der Waals surface area contributed by atoms with Gasteiger partial charge in [0.1, 0.15) is 5.82 Å². The van der Waals surface area contributed by atoms with E-state index in [-0.39, 0.29) is 17.5 Å². The van der Waals surface area contributed by atoms with Gasteiger partial charge in [-0.1, -0.05) is 17.2 Å². The molecule has 2 heterocycles. The van der Waals surface area contributed by atoms with Crippen LogP contribution in [0.25, 0.3) is 22.6 Å². The predicted octanol–water partition coefficient (Wildman–Crippen LogP) is 4.27. The maximum atomic E-state index is 12.9. The van der Waals surface area contributed by atoms with Crippen molar-refractivity contribution < 1.29 is 22.8 Å². The highest BCUT2D eigenvalue weighted by Gasteiger charge is 2.17. The maximum absolute atomic E-state index is 12.9. The number of aromatic nitrogens is 2. The number of rotatable bonds is 5. The Morgan fingerprint density at radius 3 is 2.74 bits per heavy atom. The largest absolute Gasteiger partial charge is 0.490 e. The van der Waals surface area contributed by atoms with Gasteiger partial charge in [0.25, 0.3) is 11.8 Å². The van der Waals surface area contributed by atoms with Gasteiger partial charge in [0.15, 0.2) is 17.1 Å². The molecule has 0 radical (unpaired) electrons. The summed E-state index contributed by atoms with van der Waals surface area (Å²) in [5.74, 6) is 0.164. The standard InChI is InChI=1S/C19H14FN3O4/c1-2-25-14-5-3-4-12-10-15(26-16(12)14)18-22-23-19(27-18)21-17(24)11-6-8-13(20)9-7-11/h3-10H,2H2,1H3,(H,21,23,24). The predicted molar refractivity (Wildman–Crippen MR) is 95.0 cm³/mol. The summed E-state index contributed by atoms with van der Waals surface area (Å²) in [6, 6.07) is 12.3. The van der Waals surface area contributed by atoms with Gasteiger partial charge in [0.2, 0.25) is 0 Å². The van der Waals surface area contributed by atoms with Crippen LogP contribution in [0.3, 0.4) is 0 Å². The lowest BCUT2D eigenvalue weighted by molar-refractivity contribution is 0.102. The fraction of sp³-hybridized carbons (Fsp3) is 0.105. The van der Waals surface area contributed by atoms with Gasteiger partial charge in [0.05, 0.1) is 6.61 Å². The molecule has 1 N–H and O–H groups in total. The lowest BCUT2D eigenvalue weighted by Crippen LogP contribution is -2.12. The van der Waals surface area contributed by atoms with E-state index in [0.717, 1.165) is 5.39 Å². The SMILES string of the molecule is CCOc1cccc2cc(-c3nnc(NC(=O)c4ccc(F)cc4)o3)oc12. The Morgan fingerprint density at radius 1 is 1.15 bits per heavy atom. The minimum atomic E-state index is -0.492. The number of nitrogens with one attached hydrogen (secondary N) is 1. The van der Waals surface area contributed by atoms with Crippen molar-refractivity contribution in [1.29, 1.82) is 0 Å². The van der Waals surface area contributed by atoms with Gasteiger partial charge >= 0.3 is 6.01 Å². The summed E-state index contributed by atoms with van der Waals surface area (Å²) in [5, 5.41) is 11.0. The highest BCUT2D eigenvalue weighted by molar-refractivity contribution is 6.03. The first-order valence-corrected chi connectivity index (χ1v) is 8.20. The summed E-state index contributed by atoms with van der Waals surface area (Å²) in [6.07, 6.45) is 0. The number of halogens is 1. The first-order chi connectivity index (χ1) is 13.1. The van der Waals surface area contributed by atoms with Gasteiger partial charge in [-0.15, -0.1) is 5.10 Å². The smallest absolute Gasteiger partial charge is 0.322 e. The molecule has 1 amide bonds. The van der Waals surface area contributed by atoms with Crippen molar-refractivity contribution >= 4 is 22.9 Å². The van der Waals surface area contributed by atoms with Crippen molar-refractivity contribution in [2.24, 2.45) is 0 Å². The number of benzene rings is 2. The molecule has 4 aromatic rings. The first kappa shape index (κ1) is 16.8. The molecule has 7 nitrogen and oxygen atoms in total. The molecule has 27 heavy (non-hydrogen) atoms. The molecular weight excluding hydrogens is 353 g/mol. The summed E-state index contributed by atoms with van der Waals surface area (Å²) >= 11 is 0. The van der Waals surface area contributed by atoms with Gasteiger partial charge in [-0.25, -0.2) is 4.39 Å². The number of hydrogen-bond donors (Lipinski definition) is 1. The Labute approximate surface area is 152 Å². The quantitative estimate of drug-likeness (QED) is 0.566. The molecule has 0 aliphatic rings. The van der Waals surface area contributed by atoms with Gasteiger partial charge in [-0.3, -0.25) is 10.1 Å². The van der Waals surface area contributed by atoms with Crippen LogP contribution in [0.4, 0.5) is 10.4 Å². The van der Waals surface area contributed by atoms with Gasteiger partial charge < -0.3 is 13.6 Å². The van der Waals surface area contributed by atoms with E-state index in [9.17, 15) is 9.18 Å². The van der Waals surface area contributed by atoms with Gasteiger partial charge in [-0.05, 0) is 43.3 Å². The van der Waals surface area contributed by atoms with E-state index >= 15 is 0 Å². The topological polar surface area (TPSA) is 90.4 Å². The molecule has 0 spiro atoms. The average Bonchev–Trinajstić information content (AvgIpc) is 3.29. The van der Waals surface area contributed by atoms with E-state index in [1.54, 1.807) is 12.1 Å². The number of nitrogens with zero attached hydrogens (tertiary/aromatic N) is 2. The number of carbonyl (C=O) groups is 1. The monoisotopic (exact) mass is 367 g/mol. The number of furan rings is 1. The highest BCUT2D eigenvalue weighted by atomic mass is 19.1. The Hall–Kier alpha value is -3.68. The third-order valence-corrected chi connectivity index (χ3v) is 3.77. The summed E-state index contributed by atoms with van der Waals surface area (Å²) in [4.78, 5) is 12.1. The van der Waals surface area contributed by atoms with E-state index in [4.69, 9.17) is 13.6 Å². The Kier molecular flexibility index (Phi) is 4.29. The third-order valence-electron chi connectivity index (χ3n) is 3.77. The molecule has 0 fully saturated rings. The fourth-order valence-electron chi connectivity index (χ4n) is 2.55. The van der Waals surface area contributed by atoms with Crippen molar-refractivity contribution in [3.05, 3.63) is 59.9 Å². The molecule has 8 heteroatoms. The molecule has 0 unspecified atom stereocenters. The van der Waals surface area contributed by atoms with E-state index < -0.39 is 11.7 Å². The van der Waals surface area contributed by atoms with Crippen LogP contribution in [0.2, 0.25) is 0 Å². The molecule has 0 aliphatic heterocycles. The second kappa shape index (κ2) is 6.91. The number of para-hydroxylation sites is 1. The minimum absolute atomic E-state index is 0.0928. The molecule has 0 atom stereocenters. The van der Waals surface area contributed by atoms with Crippen molar-refractivity contribution in [1.82, 2.24) is 10.2 Å². The third kappa shape index (κ3) is 3.37. The van der Waals surface area contributed by atoms with Crippen LogP contribution < -0.4 is 10.1 Å². The van der Waals surface area contributed by atoms with Crippen LogP contribution in [-0.2, 0) is 0 Å². The number of carbonyl (C=O) groups excluding carboxylic acids is 1. The van der Waals surface area contributed by atoms with E-state index in [1.807, 2.05) is 19.1 Å². The molecular formula is C19H14FN3O4. The van der Waals surface area contributed by atoms with Gasteiger partial charge in [-0.2, -0.15) is 0 Å². The normalized spacial score (nSPS) is 10.9. The summed E-state index contributed by atoms with van der Waals surface area (Å²) in [5.41, 5.74) is 0.839.